The SMILES string of the molecule is N#CC1CCN(c2nccnc2C2CN(c3ccc4c(F)cccc4n3)C2)CC1. The summed E-state index contributed by atoms with van der Waals surface area (Å²) in [6, 6.07) is 11.0. The van der Waals surface area contributed by atoms with Crippen LogP contribution in [0.1, 0.15) is 24.5 Å². The summed E-state index contributed by atoms with van der Waals surface area (Å²) in [6.45, 7) is 3.32. The van der Waals surface area contributed by atoms with Crippen LogP contribution in [0, 0.1) is 23.1 Å². The number of piperidine rings is 1. The van der Waals surface area contributed by atoms with Gasteiger partial charge in [-0.25, -0.2) is 14.4 Å². The first kappa shape index (κ1) is 17.8. The van der Waals surface area contributed by atoms with Crippen molar-refractivity contribution in [1.29, 1.82) is 5.26 Å². The zero-order valence-electron chi connectivity index (χ0n) is 16.0. The standard InChI is InChI=1S/C22H21FN6/c23-18-2-1-3-19-17(18)4-5-20(27-19)29-13-16(14-29)21-22(26-9-8-25-21)28-10-6-15(12-24)7-11-28/h1-5,8-9,15-16H,6-7,10-11,13-14H2. The molecule has 1 aromatic carbocycles. The summed E-state index contributed by atoms with van der Waals surface area (Å²) >= 11 is 0. The van der Waals surface area contributed by atoms with Gasteiger partial charge in [-0.2, -0.15) is 5.26 Å². The lowest BCUT2D eigenvalue weighted by Crippen LogP contribution is -2.47. The van der Waals surface area contributed by atoms with Crippen LogP contribution in [0.4, 0.5) is 16.0 Å². The Morgan fingerprint density at radius 3 is 2.59 bits per heavy atom. The number of rotatable bonds is 3. The average Bonchev–Trinajstić information content (AvgIpc) is 2.73. The predicted octanol–water partition coefficient (Wildman–Crippen LogP) is 3.51. The summed E-state index contributed by atoms with van der Waals surface area (Å²) < 4.78 is 13.9. The largest absolute Gasteiger partial charge is 0.355 e. The lowest BCUT2D eigenvalue weighted by atomic mass is 9.94. The Kier molecular flexibility index (Phi) is 4.47. The molecule has 0 atom stereocenters. The number of hydrogen-bond donors (Lipinski definition) is 0. The normalized spacial score (nSPS) is 17.9. The first-order valence-corrected chi connectivity index (χ1v) is 9.98. The first-order valence-electron chi connectivity index (χ1n) is 9.98. The minimum atomic E-state index is -0.243. The highest BCUT2D eigenvalue weighted by Gasteiger charge is 2.34. The van der Waals surface area contributed by atoms with Gasteiger partial charge in [-0.15, -0.1) is 0 Å². The second kappa shape index (κ2) is 7.28. The minimum Gasteiger partial charge on any atom is -0.355 e. The number of hydrogen-bond acceptors (Lipinski definition) is 6. The molecule has 5 rings (SSSR count). The molecule has 0 aliphatic carbocycles. The van der Waals surface area contributed by atoms with Crippen molar-refractivity contribution in [2.75, 3.05) is 36.0 Å². The van der Waals surface area contributed by atoms with Gasteiger partial charge >= 0.3 is 0 Å². The van der Waals surface area contributed by atoms with Crippen LogP contribution in [0.2, 0.25) is 0 Å². The molecule has 4 heterocycles. The maximum atomic E-state index is 13.9. The predicted molar refractivity (Wildman–Crippen MR) is 109 cm³/mol. The van der Waals surface area contributed by atoms with Gasteiger partial charge in [0.05, 0.1) is 17.3 Å². The van der Waals surface area contributed by atoms with E-state index in [-0.39, 0.29) is 17.7 Å². The molecule has 0 N–H and O–H groups in total. The van der Waals surface area contributed by atoms with Gasteiger partial charge in [0.15, 0.2) is 5.82 Å². The highest BCUT2D eigenvalue weighted by atomic mass is 19.1. The molecule has 2 aliphatic rings. The Hall–Kier alpha value is -3.27. The van der Waals surface area contributed by atoms with Gasteiger partial charge in [-0.1, -0.05) is 6.07 Å². The summed E-state index contributed by atoms with van der Waals surface area (Å²) in [7, 11) is 0. The maximum Gasteiger partial charge on any atom is 0.150 e. The molecule has 0 amide bonds. The second-order valence-electron chi connectivity index (χ2n) is 7.73. The first-order chi connectivity index (χ1) is 14.2. The molecule has 0 spiro atoms. The molecule has 2 aliphatic heterocycles. The van der Waals surface area contributed by atoms with Crippen molar-refractivity contribution in [1.82, 2.24) is 15.0 Å². The van der Waals surface area contributed by atoms with Crippen molar-refractivity contribution in [2.45, 2.75) is 18.8 Å². The van der Waals surface area contributed by atoms with E-state index in [4.69, 9.17) is 5.26 Å². The van der Waals surface area contributed by atoms with Crippen LogP contribution in [-0.2, 0) is 0 Å². The number of aromatic nitrogens is 3. The number of nitrogens with zero attached hydrogens (tertiary/aromatic N) is 6. The molecule has 2 aromatic heterocycles. The fourth-order valence-electron chi connectivity index (χ4n) is 4.21. The van der Waals surface area contributed by atoms with E-state index >= 15 is 0 Å². The smallest absolute Gasteiger partial charge is 0.150 e. The maximum absolute atomic E-state index is 13.9. The average molecular weight is 388 g/mol. The topological polar surface area (TPSA) is 68.9 Å². The van der Waals surface area contributed by atoms with Gasteiger partial charge in [0, 0.05) is 55.8 Å². The molecule has 7 heteroatoms. The molecular formula is C22H21FN6. The number of pyridine rings is 1. The van der Waals surface area contributed by atoms with Crippen LogP contribution < -0.4 is 9.80 Å². The Labute approximate surface area is 168 Å². The summed E-state index contributed by atoms with van der Waals surface area (Å²) in [5.41, 5.74) is 1.69. The summed E-state index contributed by atoms with van der Waals surface area (Å²) in [5.74, 6) is 2.00. The van der Waals surface area contributed by atoms with Gasteiger partial charge in [0.1, 0.15) is 11.6 Å². The number of fused-ring (bicyclic) bond motifs is 1. The number of anilines is 2. The number of halogens is 1. The van der Waals surface area contributed by atoms with E-state index in [9.17, 15) is 4.39 Å². The van der Waals surface area contributed by atoms with Crippen molar-refractivity contribution >= 4 is 22.5 Å². The molecule has 0 unspecified atom stereocenters. The molecule has 0 radical (unpaired) electrons. The van der Waals surface area contributed by atoms with Crippen molar-refractivity contribution < 1.29 is 4.39 Å². The van der Waals surface area contributed by atoms with Crippen molar-refractivity contribution in [2.24, 2.45) is 5.92 Å². The Morgan fingerprint density at radius 2 is 1.79 bits per heavy atom. The number of benzene rings is 1. The van der Waals surface area contributed by atoms with Crippen LogP contribution in [0.15, 0.2) is 42.7 Å². The van der Waals surface area contributed by atoms with Crippen LogP contribution in [0.3, 0.4) is 0 Å². The summed E-state index contributed by atoms with van der Waals surface area (Å²) in [5, 5.41) is 9.67. The fourth-order valence-corrected chi connectivity index (χ4v) is 4.21. The van der Waals surface area contributed by atoms with Crippen molar-refractivity contribution in [3.05, 3.63) is 54.2 Å². The Bertz CT molecular complexity index is 1080. The van der Waals surface area contributed by atoms with Crippen LogP contribution in [-0.4, -0.2) is 41.1 Å². The van der Waals surface area contributed by atoms with Crippen LogP contribution >= 0.6 is 0 Å². The van der Waals surface area contributed by atoms with Gasteiger partial charge in [-0.05, 0) is 37.1 Å². The minimum absolute atomic E-state index is 0.148. The molecule has 6 nitrogen and oxygen atoms in total. The fraction of sp³-hybridized carbons (Fsp3) is 0.364. The summed E-state index contributed by atoms with van der Waals surface area (Å²) in [6.07, 6.45) is 5.24. The van der Waals surface area contributed by atoms with Crippen molar-refractivity contribution in [3.8, 4) is 6.07 Å². The second-order valence-corrected chi connectivity index (χ2v) is 7.73. The molecular weight excluding hydrogens is 367 g/mol. The third-order valence-corrected chi connectivity index (χ3v) is 5.94. The zero-order valence-corrected chi connectivity index (χ0v) is 16.0. The molecule has 29 heavy (non-hydrogen) atoms. The highest BCUT2D eigenvalue weighted by molar-refractivity contribution is 5.81. The van der Waals surface area contributed by atoms with E-state index in [1.807, 2.05) is 12.1 Å². The Morgan fingerprint density at radius 1 is 1.00 bits per heavy atom. The molecule has 146 valence electrons. The highest BCUT2D eigenvalue weighted by Crippen LogP contribution is 2.35. The van der Waals surface area contributed by atoms with E-state index in [0.717, 1.165) is 56.4 Å². The molecule has 0 bridgehead atoms. The quantitative estimate of drug-likeness (QED) is 0.684. The van der Waals surface area contributed by atoms with Crippen LogP contribution in [0.25, 0.3) is 10.9 Å². The third kappa shape index (κ3) is 3.25. The van der Waals surface area contributed by atoms with E-state index in [0.29, 0.717) is 10.9 Å². The van der Waals surface area contributed by atoms with Gasteiger partial charge in [0.25, 0.3) is 0 Å². The summed E-state index contributed by atoms with van der Waals surface area (Å²) in [4.78, 5) is 18.3. The third-order valence-electron chi connectivity index (χ3n) is 5.94. The van der Waals surface area contributed by atoms with Crippen LogP contribution in [0.5, 0.6) is 0 Å². The molecule has 3 aromatic rings. The van der Waals surface area contributed by atoms with Gasteiger partial charge < -0.3 is 9.80 Å². The molecule has 2 saturated heterocycles. The van der Waals surface area contributed by atoms with Crippen molar-refractivity contribution in [3.63, 3.8) is 0 Å². The van der Waals surface area contributed by atoms with E-state index in [2.05, 4.69) is 30.8 Å². The van der Waals surface area contributed by atoms with Gasteiger partial charge in [-0.3, -0.25) is 4.98 Å². The van der Waals surface area contributed by atoms with E-state index < -0.39 is 0 Å². The lowest BCUT2D eigenvalue weighted by Gasteiger charge is -2.41. The van der Waals surface area contributed by atoms with Gasteiger partial charge in [0.2, 0.25) is 0 Å². The zero-order chi connectivity index (χ0) is 19.8. The number of nitriles is 1. The lowest BCUT2D eigenvalue weighted by molar-refractivity contribution is 0.473. The Balaban J connectivity index is 1.32. The molecule has 0 saturated carbocycles. The molecule has 2 fully saturated rings. The van der Waals surface area contributed by atoms with E-state index in [1.54, 1.807) is 24.5 Å². The monoisotopic (exact) mass is 388 g/mol. The van der Waals surface area contributed by atoms with E-state index in [1.165, 1.54) is 6.07 Å².